The molecule has 3 N–H and O–H groups in total. The molecule has 0 heterocycles. The number of hydrogen-bond donors (Lipinski definition) is 3. The SMILES string of the molecule is COc1ccc(C(O)C(NCCCO)C(C)C)cc1C. The second-order valence-corrected chi connectivity index (χ2v) is 5.47. The smallest absolute Gasteiger partial charge is 0.121 e. The lowest BCUT2D eigenvalue weighted by Gasteiger charge is -2.28. The van der Waals surface area contributed by atoms with Crippen LogP contribution in [0.3, 0.4) is 0 Å². The third kappa shape index (κ3) is 4.47. The van der Waals surface area contributed by atoms with E-state index in [1.807, 2.05) is 25.1 Å². The Bertz CT molecular complexity index is 407. The molecular formula is C16H27NO3. The molecule has 1 aromatic rings. The van der Waals surface area contributed by atoms with Crippen molar-refractivity contribution in [1.29, 1.82) is 0 Å². The number of ether oxygens (including phenoxy) is 1. The summed E-state index contributed by atoms with van der Waals surface area (Å²) in [6.45, 7) is 6.99. The van der Waals surface area contributed by atoms with Crippen LogP contribution in [0.25, 0.3) is 0 Å². The van der Waals surface area contributed by atoms with Crippen LogP contribution in [-0.4, -0.2) is 36.5 Å². The fourth-order valence-corrected chi connectivity index (χ4v) is 2.35. The maximum absolute atomic E-state index is 10.6. The Kier molecular flexibility index (Phi) is 6.99. The third-order valence-electron chi connectivity index (χ3n) is 3.53. The zero-order chi connectivity index (χ0) is 15.1. The van der Waals surface area contributed by atoms with Gasteiger partial charge in [0.25, 0.3) is 0 Å². The molecule has 0 spiro atoms. The van der Waals surface area contributed by atoms with Gasteiger partial charge in [0.2, 0.25) is 0 Å². The summed E-state index contributed by atoms with van der Waals surface area (Å²) < 4.78 is 5.24. The van der Waals surface area contributed by atoms with Gasteiger partial charge >= 0.3 is 0 Å². The average molecular weight is 281 g/mol. The molecule has 0 bridgehead atoms. The minimum Gasteiger partial charge on any atom is -0.496 e. The van der Waals surface area contributed by atoms with E-state index in [1.165, 1.54) is 0 Å². The monoisotopic (exact) mass is 281 g/mol. The van der Waals surface area contributed by atoms with Crippen molar-refractivity contribution in [3.63, 3.8) is 0 Å². The Hall–Kier alpha value is -1.10. The van der Waals surface area contributed by atoms with Crippen LogP contribution in [0.5, 0.6) is 5.75 Å². The molecule has 4 nitrogen and oxygen atoms in total. The lowest BCUT2D eigenvalue weighted by Crippen LogP contribution is -2.40. The van der Waals surface area contributed by atoms with Gasteiger partial charge in [-0.15, -0.1) is 0 Å². The number of methoxy groups -OCH3 is 1. The van der Waals surface area contributed by atoms with E-state index in [0.29, 0.717) is 18.9 Å². The Morgan fingerprint density at radius 1 is 1.30 bits per heavy atom. The van der Waals surface area contributed by atoms with Crippen molar-refractivity contribution in [3.05, 3.63) is 29.3 Å². The van der Waals surface area contributed by atoms with Crippen LogP contribution in [0, 0.1) is 12.8 Å². The van der Waals surface area contributed by atoms with Gasteiger partial charge in [-0.05, 0) is 49.1 Å². The summed E-state index contributed by atoms with van der Waals surface area (Å²) in [6.07, 6.45) is 0.121. The predicted molar refractivity (Wildman–Crippen MR) is 81.0 cm³/mol. The lowest BCUT2D eigenvalue weighted by molar-refractivity contribution is 0.104. The number of hydrogen-bond acceptors (Lipinski definition) is 4. The molecule has 0 fully saturated rings. The van der Waals surface area contributed by atoms with E-state index in [-0.39, 0.29) is 12.6 Å². The van der Waals surface area contributed by atoms with Crippen LogP contribution in [0.4, 0.5) is 0 Å². The first kappa shape index (κ1) is 17.0. The number of nitrogens with one attached hydrogen (secondary N) is 1. The van der Waals surface area contributed by atoms with E-state index in [1.54, 1.807) is 7.11 Å². The zero-order valence-electron chi connectivity index (χ0n) is 12.9. The van der Waals surface area contributed by atoms with Crippen molar-refractivity contribution < 1.29 is 14.9 Å². The molecule has 0 aromatic heterocycles. The molecular weight excluding hydrogens is 254 g/mol. The van der Waals surface area contributed by atoms with Crippen LogP contribution in [-0.2, 0) is 0 Å². The van der Waals surface area contributed by atoms with Gasteiger partial charge in [-0.25, -0.2) is 0 Å². The first-order valence-corrected chi connectivity index (χ1v) is 7.18. The molecule has 0 aliphatic rings. The van der Waals surface area contributed by atoms with Crippen molar-refractivity contribution in [2.75, 3.05) is 20.3 Å². The number of aryl methyl sites for hydroxylation is 1. The molecule has 20 heavy (non-hydrogen) atoms. The van der Waals surface area contributed by atoms with Crippen molar-refractivity contribution in [1.82, 2.24) is 5.32 Å². The highest BCUT2D eigenvalue weighted by molar-refractivity contribution is 5.37. The maximum atomic E-state index is 10.6. The number of aliphatic hydroxyl groups excluding tert-OH is 2. The van der Waals surface area contributed by atoms with E-state index >= 15 is 0 Å². The summed E-state index contributed by atoms with van der Waals surface area (Å²) in [6, 6.07) is 5.72. The van der Waals surface area contributed by atoms with Gasteiger partial charge in [0.05, 0.1) is 13.2 Å². The first-order chi connectivity index (χ1) is 9.51. The fourth-order valence-electron chi connectivity index (χ4n) is 2.35. The Morgan fingerprint density at radius 3 is 2.50 bits per heavy atom. The molecule has 0 saturated carbocycles. The topological polar surface area (TPSA) is 61.7 Å². The molecule has 4 heteroatoms. The highest BCUT2D eigenvalue weighted by atomic mass is 16.5. The Balaban J connectivity index is 2.83. The van der Waals surface area contributed by atoms with Crippen LogP contribution in [0.15, 0.2) is 18.2 Å². The molecule has 114 valence electrons. The summed E-state index contributed by atoms with van der Waals surface area (Å²) >= 11 is 0. The van der Waals surface area contributed by atoms with Crippen LogP contribution in [0.2, 0.25) is 0 Å². The predicted octanol–water partition coefficient (Wildman–Crippen LogP) is 2.03. The normalized spacial score (nSPS) is 14.3. The minimum absolute atomic E-state index is 0.0330. The van der Waals surface area contributed by atoms with E-state index in [0.717, 1.165) is 16.9 Å². The number of rotatable bonds is 8. The molecule has 2 atom stereocenters. The molecule has 0 saturated heterocycles. The summed E-state index contributed by atoms with van der Waals surface area (Å²) in [4.78, 5) is 0. The molecule has 0 radical (unpaired) electrons. The number of aliphatic hydroxyl groups is 2. The highest BCUT2D eigenvalue weighted by Gasteiger charge is 2.23. The fraction of sp³-hybridized carbons (Fsp3) is 0.625. The van der Waals surface area contributed by atoms with Crippen molar-refractivity contribution >= 4 is 0 Å². The van der Waals surface area contributed by atoms with E-state index in [2.05, 4.69) is 19.2 Å². The summed E-state index contributed by atoms with van der Waals surface area (Å²) in [5.74, 6) is 1.13. The quantitative estimate of drug-likeness (QED) is 0.638. The minimum atomic E-state index is -0.571. The summed E-state index contributed by atoms with van der Waals surface area (Å²) in [5.41, 5.74) is 1.90. The Labute approximate surface area is 121 Å². The van der Waals surface area contributed by atoms with Crippen molar-refractivity contribution in [3.8, 4) is 5.75 Å². The third-order valence-corrected chi connectivity index (χ3v) is 3.53. The maximum Gasteiger partial charge on any atom is 0.121 e. The van der Waals surface area contributed by atoms with Gasteiger partial charge in [-0.1, -0.05) is 19.9 Å². The first-order valence-electron chi connectivity index (χ1n) is 7.18. The summed E-state index contributed by atoms with van der Waals surface area (Å²) in [7, 11) is 1.64. The van der Waals surface area contributed by atoms with Crippen molar-refractivity contribution in [2.45, 2.75) is 39.3 Å². The summed E-state index contributed by atoms with van der Waals surface area (Å²) in [5, 5.41) is 22.7. The molecule has 0 aliphatic carbocycles. The highest BCUT2D eigenvalue weighted by Crippen LogP contribution is 2.26. The van der Waals surface area contributed by atoms with E-state index in [4.69, 9.17) is 9.84 Å². The van der Waals surface area contributed by atoms with Crippen LogP contribution in [0.1, 0.15) is 37.5 Å². The molecule has 1 rings (SSSR count). The molecule has 0 amide bonds. The van der Waals surface area contributed by atoms with Crippen LogP contribution < -0.4 is 10.1 Å². The number of benzene rings is 1. The second-order valence-electron chi connectivity index (χ2n) is 5.47. The standard InChI is InChI=1S/C16H27NO3/c1-11(2)15(17-8-5-9-18)16(19)13-6-7-14(20-4)12(3)10-13/h6-7,10-11,15-19H,5,8-9H2,1-4H3. The molecule has 0 aliphatic heterocycles. The zero-order valence-corrected chi connectivity index (χ0v) is 12.9. The lowest BCUT2D eigenvalue weighted by atomic mass is 9.92. The van der Waals surface area contributed by atoms with Gasteiger partial charge in [0.1, 0.15) is 5.75 Å². The molecule has 1 aromatic carbocycles. The van der Waals surface area contributed by atoms with Gasteiger partial charge in [-0.3, -0.25) is 0 Å². The van der Waals surface area contributed by atoms with Crippen molar-refractivity contribution in [2.24, 2.45) is 5.92 Å². The molecule has 2 unspecified atom stereocenters. The van der Waals surface area contributed by atoms with Gasteiger partial charge in [0, 0.05) is 12.6 Å². The van der Waals surface area contributed by atoms with E-state index in [9.17, 15) is 5.11 Å². The van der Waals surface area contributed by atoms with Gasteiger partial charge < -0.3 is 20.3 Å². The van der Waals surface area contributed by atoms with Crippen LogP contribution >= 0.6 is 0 Å². The Morgan fingerprint density at radius 2 is 2.00 bits per heavy atom. The second kappa shape index (κ2) is 8.25. The van der Waals surface area contributed by atoms with E-state index < -0.39 is 6.10 Å². The van der Waals surface area contributed by atoms with Gasteiger partial charge in [-0.2, -0.15) is 0 Å². The van der Waals surface area contributed by atoms with Gasteiger partial charge in [0.15, 0.2) is 0 Å². The largest absolute Gasteiger partial charge is 0.496 e. The average Bonchev–Trinajstić information content (AvgIpc) is 2.42.